The Kier molecular flexibility index (Phi) is 4.66. The van der Waals surface area contributed by atoms with E-state index >= 15 is 0 Å². The molecule has 0 aliphatic carbocycles. The summed E-state index contributed by atoms with van der Waals surface area (Å²) in [5.41, 5.74) is 1.73. The van der Waals surface area contributed by atoms with Gasteiger partial charge in [-0.25, -0.2) is 0 Å². The Labute approximate surface area is 135 Å². The van der Waals surface area contributed by atoms with Gasteiger partial charge in [0, 0.05) is 19.8 Å². The number of aromatic nitrogens is 4. The molecule has 23 heavy (non-hydrogen) atoms. The van der Waals surface area contributed by atoms with E-state index in [1.54, 1.807) is 0 Å². The van der Waals surface area contributed by atoms with Crippen LogP contribution in [0.2, 0.25) is 0 Å². The van der Waals surface area contributed by atoms with Crippen LogP contribution < -0.4 is 5.32 Å². The highest BCUT2D eigenvalue weighted by atomic mass is 16.5. The predicted molar refractivity (Wildman–Crippen MR) is 83.7 cm³/mol. The molecular formula is C16H21N5O2. The first-order chi connectivity index (χ1) is 11.2. The van der Waals surface area contributed by atoms with Crippen LogP contribution in [-0.4, -0.2) is 45.9 Å². The molecule has 7 heteroatoms. The summed E-state index contributed by atoms with van der Waals surface area (Å²) in [6, 6.07) is 8.22. The maximum Gasteiger partial charge on any atom is 0.230 e. The SMILES string of the molecule is Cc1ccc(C2(C(=O)NCCn3ncnn3)CCOCC2)cc1. The first-order valence-electron chi connectivity index (χ1n) is 7.85. The monoisotopic (exact) mass is 315 g/mol. The van der Waals surface area contributed by atoms with Crippen molar-refractivity contribution in [3.05, 3.63) is 41.7 Å². The van der Waals surface area contributed by atoms with Crippen molar-refractivity contribution >= 4 is 5.91 Å². The number of tetrazole rings is 1. The second-order valence-corrected chi connectivity index (χ2v) is 5.85. The zero-order valence-corrected chi connectivity index (χ0v) is 13.2. The van der Waals surface area contributed by atoms with Crippen LogP contribution in [0.15, 0.2) is 30.6 Å². The molecule has 2 aromatic rings. The van der Waals surface area contributed by atoms with Gasteiger partial charge in [0.25, 0.3) is 0 Å². The van der Waals surface area contributed by atoms with Crippen molar-refractivity contribution in [2.75, 3.05) is 19.8 Å². The minimum atomic E-state index is -0.512. The summed E-state index contributed by atoms with van der Waals surface area (Å²) in [4.78, 5) is 14.4. The van der Waals surface area contributed by atoms with Crippen LogP contribution in [-0.2, 0) is 21.5 Å². The Morgan fingerprint density at radius 2 is 2.04 bits per heavy atom. The molecule has 7 nitrogen and oxygen atoms in total. The molecule has 0 radical (unpaired) electrons. The lowest BCUT2D eigenvalue weighted by atomic mass is 9.73. The van der Waals surface area contributed by atoms with Gasteiger partial charge in [-0.1, -0.05) is 29.8 Å². The molecule has 1 amide bonds. The summed E-state index contributed by atoms with van der Waals surface area (Å²) in [5.74, 6) is 0.0461. The second kappa shape index (κ2) is 6.87. The summed E-state index contributed by atoms with van der Waals surface area (Å²) >= 11 is 0. The molecule has 0 atom stereocenters. The fourth-order valence-corrected chi connectivity index (χ4v) is 2.97. The number of benzene rings is 1. The first-order valence-corrected chi connectivity index (χ1v) is 7.85. The quantitative estimate of drug-likeness (QED) is 0.884. The zero-order chi connectivity index (χ0) is 16.1. The molecule has 1 aromatic carbocycles. The molecule has 0 bridgehead atoms. The highest BCUT2D eigenvalue weighted by Gasteiger charge is 2.41. The van der Waals surface area contributed by atoms with Crippen LogP contribution in [0.4, 0.5) is 0 Å². The Balaban J connectivity index is 1.72. The van der Waals surface area contributed by atoms with Gasteiger partial charge in [0.2, 0.25) is 5.91 Å². The zero-order valence-electron chi connectivity index (χ0n) is 13.2. The summed E-state index contributed by atoms with van der Waals surface area (Å²) in [6.45, 7) is 4.24. The lowest BCUT2D eigenvalue weighted by Gasteiger charge is -2.36. The van der Waals surface area contributed by atoms with Gasteiger partial charge in [0.1, 0.15) is 0 Å². The number of nitrogens with zero attached hydrogens (tertiary/aromatic N) is 4. The van der Waals surface area contributed by atoms with E-state index in [1.807, 2.05) is 6.92 Å². The van der Waals surface area contributed by atoms with Crippen molar-refractivity contribution in [1.82, 2.24) is 25.5 Å². The predicted octanol–water partition coefficient (Wildman–Crippen LogP) is 0.846. The van der Waals surface area contributed by atoms with Gasteiger partial charge in [-0.2, -0.15) is 4.80 Å². The van der Waals surface area contributed by atoms with E-state index in [-0.39, 0.29) is 5.91 Å². The Morgan fingerprint density at radius 1 is 1.30 bits per heavy atom. The average Bonchev–Trinajstić information content (AvgIpc) is 3.09. The van der Waals surface area contributed by atoms with E-state index in [4.69, 9.17) is 4.74 Å². The molecule has 2 heterocycles. The molecule has 0 unspecified atom stereocenters. The van der Waals surface area contributed by atoms with E-state index in [0.717, 1.165) is 5.56 Å². The van der Waals surface area contributed by atoms with Crippen molar-refractivity contribution in [2.24, 2.45) is 0 Å². The van der Waals surface area contributed by atoms with Crippen LogP contribution in [0, 0.1) is 6.92 Å². The molecule has 1 saturated heterocycles. The van der Waals surface area contributed by atoms with Gasteiger partial charge in [-0.15, -0.1) is 10.2 Å². The van der Waals surface area contributed by atoms with E-state index in [1.165, 1.54) is 16.7 Å². The third-order valence-electron chi connectivity index (χ3n) is 4.37. The van der Waals surface area contributed by atoms with E-state index in [2.05, 4.69) is 45.0 Å². The second-order valence-electron chi connectivity index (χ2n) is 5.85. The van der Waals surface area contributed by atoms with Gasteiger partial charge >= 0.3 is 0 Å². The molecule has 1 fully saturated rings. The lowest BCUT2D eigenvalue weighted by Crippen LogP contribution is -2.48. The Hall–Kier alpha value is -2.28. The van der Waals surface area contributed by atoms with Crippen molar-refractivity contribution in [3.8, 4) is 0 Å². The van der Waals surface area contributed by atoms with Crippen LogP contribution in [0.25, 0.3) is 0 Å². The lowest BCUT2D eigenvalue weighted by molar-refractivity contribution is -0.130. The van der Waals surface area contributed by atoms with Gasteiger partial charge in [-0.05, 0) is 30.5 Å². The van der Waals surface area contributed by atoms with E-state index < -0.39 is 5.41 Å². The number of hydrogen-bond acceptors (Lipinski definition) is 5. The number of carbonyl (C=O) groups is 1. The smallest absolute Gasteiger partial charge is 0.230 e. The molecule has 0 spiro atoms. The molecule has 0 saturated carbocycles. The Morgan fingerprint density at radius 3 is 2.70 bits per heavy atom. The van der Waals surface area contributed by atoms with Crippen LogP contribution >= 0.6 is 0 Å². The number of carbonyl (C=O) groups excluding carboxylic acids is 1. The Bertz CT molecular complexity index is 633. The molecular weight excluding hydrogens is 294 g/mol. The van der Waals surface area contributed by atoms with Crippen molar-refractivity contribution in [3.63, 3.8) is 0 Å². The van der Waals surface area contributed by atoms with Crippen LogP contribution in [0.3, 0.4) is 0 Å². The van der Waals surface area contributed by atoms with Gasteiger partial charge in [0.15, 0.2) is 6.33 Å². The molecule has 1 aliphatic heterocycles. The first kappa shape index (κ1) is 15.6. The number of amides is 1. The highest BCUT2D eigenvalue weighted by molar-refractivity contribution is 5.88. The summed E-state index contributed by atoms with van der Waals surface area (Å²) in [6.07, 6.45) is 2.78. The van der Waals surface area contributed by atoms with Crippen molar-refractivity contribution in [2.45, 2.75) is 31.7 Å². The topological polar surface area (TPSA) is 81.9 Å². The van der Waals surface area contributed by atoms with E-state index in [9.17, 15) is 4.79 Å². The average molecular weight is 315 g/mol. The molecule has 1 N–H and O–H groups in total. The van der Waals surface area contributed by atoms with Gasteiger partial charge < -0.3 is 10.1 Å². The highest BCUT2D eigenvalue weighted by Crippen LogP contribution is 2.35. The van der Waals surface area contributed by atoms with Crippen LogP contribution in [0.5, 0.6) is 0 Å². The maximum atomic E-state index is 12.9. The third kappa shape index (κ3) is 3.39. The molecule has 122 valence electrons. The normalized spacial score (nSPS) is 16.9. The van der Waals surface area contributed by atoms with Gasteiger partial charge in [-0.3, -0.25) is 4.79 Å². The van der Waals surface area contributed by atoms with Crippen molar-refractivity contribution < 1.29 is 9.53 Å². The molecule has 1 aromatic heterocycles. The fraction of sp³-hybridized carbons (Fsp3) is 0.500. The largest absolute Gasteiger partial charge is 0.381 e. The number of nitrogens with one attached hydrogen (secondary N) is 1. The fourth-order valence-electron chi connectivity index (χ4n) is 2.97. The summed E-state index contributed by atoms with van der Waals surface area (Å²) in [5, 5.41) is 14.4. The van der Waals surface area contributed by atoms with Gasteiger partial charge in [0.05, 0.1) is 12.0 Å². The number of ether oxygens (including phenoxy) is 1. The third-order valence-corrected chi connectivity index (χ3v) is 4.37. The summed E-state index contributed by atoms with van der Waals surface area (Å²) < 4.78 is 5.47. The maximum absolute atomic E-state index is 12.9. The standard InChI is InChI=1S/C16H21N5O2/c1-13-2-4-14(5-3-13)16(6-10-23-11-7-16)15(22)17-8-9-21-19-12-18-20-21/h2-5,12H,6-11H2,1H3,(H,17,22). The molecule has 3 rings (SSSR count). The number of aryl methyl sites for hydroxylation is 1. The van der Waals surface area contributed by atoms with Crippen molar-refractivity contribution in [1.29, 1.82) is 0 Å². The minimum absolute atomic E-state index is 0.0461. The minimum Gasteiger partial charge on any atom is -0.381 e. The van der Waals surface area contributed by atoms with Crippen LogP contribution in [0.1, 0.15) is 24.0 Å². The molecule has 1 aliphatic rings. The summed E-state index contributed by atoms with van der Waals surface area (Å²) in [7, 11) is 0. The van der Waals surface area contributed by atoms with E-state index in [0.29, 0.717) is 39.1 Å². The number of hydrogen-bond donors (Lipinski definition) is 1. The number of rotatable bonds is 5.